The van der Waals surface area contributed by atoms with Gasteiger partial charge in [-0.3, -0.25) is 0 Å². The summed E-state index contributed by atoms with van der Waals surface area (Å²) in [7, 11) is 0. The first-order chi connectivity index (χ1) is 27.7. The van der Waals surface area contributed by atoms with Gasteiger partial charge in [0.1, 0.15) is 5.52 Å². The largest absolute Gasteiger partial charge is 0.434 e. The second-order valence-corrected chi connectivity index (χ2v) is 13.9. The fraction of sp³-hybridized carbons (Fsp3) is 0. The molecule has 3 aromatic heterocycles. The lowest BCUT2D eigenvalue weighted by Gasteiger charge is -2.12. The molecule has 0 aliphatic heterocycles. The Morgan fingerprint density at radius 3 is 1.61 bits per heavy atom. The van der Waals surface area contributed by atoms with Crippen molar-refractivity contribution in [3.63, 3.8) is 0 Å². The third kappa shape index (κ3) is 5.43. The Morgan fingerprint density at radius 1 is 0.375 bits per heavy atom. The molecule has 0 amide bonds. The van der Waals surface area contributed by atoms with E-state index in [4.69, 9.17) is 24.4 Å². The monoisotopic (exact) mass is 717 g/mol. The zero-order valence-corrected chi connectivity index (χ0v) is 30.0. The van der Waals surface area contributed by atoms with Crippen LogP contribution in [0.5, 0.6) is 0 Å². The Bertz CT molecular complexity index is 3230. The third-order valence-corrected chi connectivity index (χ3v) is 10.5. The van der Waals surface area contributed by atoms with Gasteiger partial charge in [0.25, 0.3) is 0 Å². The average molecular weight is 718 g/mol. The lowest BCUT2D eigenvalue weighted by molar-refractivity contribution is 0.622. The van der Waals surface area contributed by atoms with E-state index in [1.54, 1.807) is 0 Å². The van der Waals surface area contributed by atoms with E-state index in [0.717, 1.165) is 77.4 Å². The van der Waals surface area contributed by atoms with E-state index < -0.39 is 0 Å². The lowest BCUT2D eigenvalue weighted by atomic mass is 10.0. The summed E-state index contributed by atoms with van der Waals surface area (Å²) in [5, 5.41) is 4.56. The second kappa shape index (κ2) is 13.0. The van der Waals surface area contributed by atoms with Crippen molar-refractivity contribution in [2.75, 3.05) is 0 Å². The molecule has 262 valence electrons. The first-order valence-corrected chi connectivity index (χ1v) is 18.6. The molecule has 0 saturated heterocycles. The van der Waals surface area contributed by atoms with Crippen molar-refractivity contribution in [3.05, 3.63) is 188 Å². The quantitative estimate of drug-likeness (QED) is 0.171. The average Bonchev–Trinajstić information content (AvgIpc) is 3.86. The Kier molecular flexibility index (Phi) is 7.38. The maximum Gasteiger partial charge on any atom is 0.227 e. The first-order valence-electron chi connectivity index (χ1n) is 18.6. The molecule has 0 unspecified atom stereocenters. The molecule has 8 aromatic carbocycles. The zero-order valence-electron chi connectivity index (χ0n) is 30.0. The highest BCUT2D eigenvalue weighted by Gasteiger charge is 2.21. The Hall–Kier alpha value is -7.70. The summed E-state index contributed by atoms with van der Waals surface area (Å²) in [5.41, 5.74) is 10.5. The van der Waals surface area contributed by atoms with Crippen LogP contribution in [0.3, 0.4) is 0 Å². The van der Waals surface area contributed by atoms with E-state index in [0.29, 0.717) is 23.4 Å². The van der Waals surface area contributed by atoms with Gasteiger partial charge >= 0.3 is 0 Å². The molecular formula is C50H31N5O. The number of oxazole rings is 1. The van der Waals surface area contributed by atoms with Gasteiger partial charge in [0, 0.05) is 38.7 Å². The molecule has 0 atom stereocenters. The molecule has 0 bridgehead atoms. The standard InChI is InChI=1S/C50H31N5O/c1-4-13-32(14-5-1)33-23-25-35(26-24-33)48-52-47(34-15-6-2-7-16-34)53-49(54-48)39-21-12-22-40(29-39)55-44-31-38-20-11-10-19-37(38)30-42(44)41-27-28-43-46(45(41)55)56-50(51-43)36-17-8-3-9-18-36/h1-31H. The maximum atomic E-state index is 6.67. The molecule has 3 heterocycles. The topological polar surface area (TPSA) is 69.6 Å². The second-order valence-electron chi connectivity index (χ2n) is 13.9. The number of rotatable bonds is 6. The Morgan fingerprint density at radius 2 is 0.911 bits per heavy atom. The van der Waals surface area contributed by atoms with Crippen LogP contribution in [0.25, 0.3) is 106 Å². The molecule has 0 radical (unpaired) electrons. The molecule has 11 rings (SSSR count). The van der Waals surface area contributed by atoms with Crippen LogP contribution >= 0.6 is 0 Å². The SMILES string of the molecule is c1ccc(-c2ccc(-c3nc(-c4ccccc4)nc(-c4cccc(-n5c6cc7ccccc7cc6c6ccc7nc(-c8ccccc8)oc7c65)c4)n3)cc2)cc1. The normalized spacial score (nSPS) is 11.6. The molecule has 6 heteroatoms. The van der Waals surface area contributed by atoms with Crippen molar-refractivity contribution < 1.29 is 4.42 Å². The minimum atomic E-state index is 0.588. The van der Waals surface area contributed by atoms with Gasteiger partial charge in [-0.1, -0.05) is 140 Å². The number of hydrogen-bond donors (Lipinski definition) is 0. The van der Waals surface area contributed by atoms with Gasteiger partial charge in [-0.2, -0.15) is 0 Å². The van der Waals surface area contributed by atoms with Gasteiger partial charge in [0.15, 0.2) is 23.1 Å². The number of nitrogens with zero attached hydrogens (tertiary/aromatic N) is 5. The molecule has 0 aliphatic rings. The fourth-order valence-corrected chi connectivity index (χ4v) is 7.72. The summed E-state index contributed by atoms with van der Waals surface area (Å²) >= 11 is 0. The highest BCUT2D eigenvalue weighted by Crippen LogP contribution is 2.40. The molecule has 0 N–H and O–H groups in total. The van der Waals surface area contributed by atoms with Gasteiger partial charge in [0.05, 0.1) is 11.0 Å². The number of benzene rings is 8. The molecular weight excluding hydrogens is 687 g/mol. The van der Waals surface area contributed by atoms with E-state index >= 15 is 0 Å². The first kappa shape index (κ1) is 31.8. The number of fused-ring (bicyclic) bond motifs is 6. The summed E-state index contributed by atoms with van der Waals surface area (Å²) < 4.78 is 8.97. The van der Waals surface area contributed by atoms with Crippen LogP contribution in [-0.2, 0) is 0 Å². The molecule has 0 spiro atoms. The number of aromatic nitrogens is 5. The van der Waals surface area contributed by atoms with Crippen molar-refractivity contribution in [2.45, 2.75) is 0 Å². The van der Waals surface area contributed by atoms with Gasteiger partial charge in [-0.25, -0.2) is 19.9 Å². The molecule has 56 heavy (non-hydrogen) atoms. The van der Waals surface area contributed by atoms with E-state index in [2.05, 4.69) is 126 Å². The summed E-state index contributed by atoms with van der Waals surface area (Å²) in [6.45, 7) is 0. The van der Waals surface area contributed by atoms with Crippen molar-refractivity contribution in [3.8, 4) is 62.4 Å². The van der Waals surface area contributed by atoms with E-state index in [1.165, 1.54) is 5.39 Å². The highest BCUT2D eigenvalue weighted by molar-refractivity contribution is 6.19. The molecule has 0 saturated carbocycles. The molecule has 11 aromatic rings. The van der Waals surface area contributed by atoms with Crippen LogP contribution in [0.2, 0.25) is 0 Å². The van der Waals surface area contributed by atoms with Crippen molar-refractivity contribution >= 4 is 43.7 Å². The highest BCUT2D eigenvalue weighted by atomic mass is 16.3. The van der Waals surface area contributed by atoms with E-state index in [9.17, 15) is 0 Å². The van der Waals surface area contributed by atoms with E-state index in [-0.39, 0.29) is 0 Å². The van der Waals surface area contributed by atoms with Crippen LogP contribution in [0.4, 0.5) is 0 Å². The molecule has 6 nitrogen and oxygen atoms in total. The van der Waals surface area contributed by atoms with Gasteiger partial charge in [0.2, 0.25) is 5.89 Å². The van der Waals surface area contributed by atoms with Crippen LogP contribution in [0.15, 0.2) is 192 Å². The van der Waals surface area contributed by atoms with Crippen molar-refractivity contribution in [2.24, 2.45) is 0 Å². The summed E-state index contributed by atoms with van der Waals surface area (Å²) in [5.74, 6) is 2.40. The van der Waals surface area contributed by atoms with Crippen molar-refractivity contribution in [1.82, 2.24) is 24.5 Å². The molecule has 0 aliphatic carbocycles. The molecule has 0 fully saturated rings. The predicted octanol–water partition coefficient (Wildman–Crippen LogP) is 12.6. The Labute approximate surface area is 322 Å². The van der Waals surface area contributed by atoms with Crippen LogP contribution in [0.1, 0.15) is 0 Å². The summed E-state index contributed by atoms with van der Waals surface area (Å²) in [4.78, 5) is 20.1. The smallest absolute Gasteiger partial charge is 0.227 e. The zero-order chi connectivity index (χ0) is 37.0. The van der Waals surface area contributed by atoms with Crippen LogP contribution in [-0.4, -0.2) is 24.5 Å². The van der Waals surface area contributed by atoms with Gasteiger partial charge < -0.3 is 8.98 Å². The van der Waals surface area contributed by atoms with Crippen molar-refractivity contribution in [1.29, 1.82) is 0 Å². The lowest BCUT2D eigenvalue weighted by Crippen LogP contribution is -2.01. The predicted molar refractivity (Wildman–Crippen MR) is 226 cm³/mol. The fourth-order valence-electron chi connectivity index (χ4n) is 7.72. The summed E-state index contributed by atoms with van der Waals surface area (Å²) in [6.07, 6.45) is 0. The van der Waals surface area contributed by atoms with Gasteiger partial charge in [-0.15, -0.1) is 0 Å². The number of hydrogen-bond acceptors (Lipinski definition) is 5. The minimum Gasteiger partial charge on any atom is -0.434 e. The van der Waals surface area contributed by atoms with Gasteiger partial charge in [-0.05, 0) is 70.4 Å². The Balaban J connectivity index is 1.12. The third-order valence-electron chi connectivity index (χ3n) is 10.5. The van der Waals surface area contributed by atoms with Crippen LogP contribution < -0.4 is 0 Å². The van der Waals surface area contributed by atoms with Crippen LogP contribution in [0, 0.1) is 0 Å². The maximum absolute atomic E-state index is 6.67. The summed E-state index contributed by atoms with van der Waals surface area (Å²) in [6, 6.07) is 64.6. The van der Waals surface area contributed by atoms with E-state index in [1.807, 2.05) is 66.7 Å². The minimum absolute atomic E-state index is 0.588.